The van der Waals surface area contributed by atoms with Crippen molar-refractivity contribution in [2.75, 3.05) is 19.8 Å². The molecule has 0 rings (SSSR count). The molecule has 0 saturated heterocycles. The fourth-order valence-electron chi connectivity index (χ4n) is 1.27. The number of carbonyl (C=O) groups is 1. The van der Waals surface area contributed by atoms with E-state index in [2.05, 4.69) is 4.74 Å². The summed E-state index contributed by atoms with van der Waals surface area (Å²) in [6.07, 6.45) is -3.46. The molecule has 0 unspecified atom stereocenters. The summed E-state index contributed by atoms with van der Waals surface area (Å²) in [6.45, 7) is 6.21. The van der Waals surface area contributed by atoms with E-state index in [-0.39, 0.29) is 13.0 Å². The third kappa shape index (κ3) is 6.58. The van der Waals surface area contributed by atoms with Crippen molar-refractivity contribution in [3.05, 3.63) is 0 Å². The molecule has 0 aromatic heterocycles. The fraction of sp³-hybridized carbons (Fsp3) is 0.909. The Morgan fingerprint density at radius 1 is 1.06 bits per heavy atom. The molecule has 102 valence electrons. The molecule has 6 heteroatoms. The second-order valence-electron chi connectivity index (χ2n) is 3.34. The minimum absolute atomic E-state index is 0.0155. The second kappa shape index (κ2) is 9.35. The summed E-state index contributed by atoms with van der Waals surface area (Å²) < 4.78 is 15.0. The first-order chi connectivity index (χ1) is 8.06. The van der Waals surface area contributed by atoms with Gasteiger partial charge in [0.15, 0.2) is 12.4 Å². The van der Waals surface area contributed by atoms with Gasteiger partial charge in [-0.1, -0.05) is 0 Å². The Kier molecular flexibility index (Phi) is 8.97. The van der Waals surface area contributed by atoms with Crippen LogP contribution in [0.5, 0.6) is 0 Å². The molecule has 0 aliphatic rings. The molecule has 0 amide bonds. The number of rotatable bonds is 9. The van der Waals surface area contributed by atoms with Crippen LogP contribution < -0.4 is 0 Å². The van der Waals surface area contributed by atoms with Crippen LogP contribution in [-0.4, -0.2) is 54.5 Å². The summed E-state index contributed by atoms with van der Waals surface area (Å²) in [4.78, 5) is 11.2. The Hall–Kier alpha value is -0.690. The van der Waals surface area contributed by atoms with E-state index in [4.69, 9.17) is 9.47 Å². The van der Waals surface area contributed by atoms with Crippen LogP contribution in [-0.2, 0) is 19.0 Å². The zero-order chi connectivity index (χ0) is 13.3. The van der Waals surface area contributed by atoms with Crippen molar-refractivity contribution in [2.45, 2.75) is 45.7 Å². The first kappa shape index (κ1) is 16.3. The maximum Gasteiger partial charge on any atom is 0.337 e. The third-order valence-corrected chi connectivity index (χ3v) is 2.03. The SMILES string of the molecule is CCOC(=O)[C@@H](O)[C@H](O)CC(OCC)OCC. The van der Waals surface area contributed by atoms with Crippen molar-refractivity contribution in [1.29, 1.82) is 0 Å². The quantitative estimate of drug-likeness (QED) is 0.444. The number of ether oxygens (including phenoxy) is 3. The van der Waals surface area contributed by atoms with Crippen molar-refractivity contribution in [3.8, 4) is 0 Å². The van der Waals surface area contributed by atoms with Crippen molar-refractivity contribution < 1.29 is 29.2 Å². The van der Waals surface area contributed by atoms with E-state index in [0.717, 1.165) is 0 Å². The van der Waals surface area contributed by atoms with Crippen LogP contribution in [0.3, 0.4) is 0 Å². The van der Waals surface area contributed by atoms with Gasteiger partial charge in [0.25, 0.3) is 0 Å². The summed E-state index contributed by atoms with van der Waals surface area (Å²) in [5.74, 6) is -0.841. The normalized spacial score (nSPS) is 14.7. The number of aliphatic hydroxyl groups excluding tert-OH is 2. The summed E-state index contributed by atoms with van der Waals surface area (Å²) in [5.41, 5.74) is 0. The lowest BCUT2D eigenvalue weighted by Gasteiger charge is -2.22. The van der Waals surface area contributed by atoms with E-state index in [1.165, 1.54) is 0 Å². The highest BCUT2D eigenvalue weighted by molar-refractivity contribution is 5.75. The molecule has 0 fully saturated rings. The van der Waals surface area contributed by atoms with Gasteiger partial charge in [-0.2, -0.15) is 0 Å². The van der Waals surface area contributed by atoms with Gasteiger partial charge in [-0.15, -0.1) is 0 Å². The number of aliphatic hydroxyl groups is 2. The van der Waals surface area contributed by atoms with Crippen molar-refractivity contribution in [1.82, 2.24) is 0 Å². The van der Waals surface area contributed by atoms with Crippen molar-refractivity contribution >= 4 is 5.97 Å². The molecule has 0 saturated carbocycles. The van der Waals surface area contributed by atoms with Crippen LogP contribution in [0.25, 0.3) is 0 Å². The number of hydrogen-bond acceptors (Lipinski definition) is 6. The molecule has 0 radical (unpaired) electrons. The summed E-state index contributed by atoms with van der Waals surface area (Å²) >= 11 is 0. The van der Waals surface area contributed by atoms with E-state index in [9.17, 15) is 15.0 Å². The predicted molar refractivity (Wildman–Crippen MR) is 60.3 cm³/mol. The van der Waals surface area contributed by atoms with Gasteiger partial charge in [0.05, 0.1) is 12.7 Å². The van der Waals surface area contributed by atoms with Gasteiger partial charge in [0.2, 0.25) is 0 Å². The zero-order valence-corrected chi connectivity index (χ0v) is 10.6. The Bertz CT molecular complexity index is 202. The molecule has 0 aliphatic heterocycles. The summed E-state index contributed by atoms with van der Waals surface area (Å²) in [5, 5.41) is 19.1. The Balaban J connectivity index is 4.18. The molecular weight excluding hydrogens is 228 g/mol. The highest BCUT2D eigenvalue weighted by atomic mass is 16.7. The van der Waals surface area contributed by atoms with Gasteiger partial charge in [0.1, 0.15) is 0 Å². The van der Waals surface area contributed by atoms with Crippen LogP contribution in [0.2, 0.25) is 0 Å². The Morgan fingerprint density at radius 2 is 1.59 bits per heavy atom. The highest BCUT2D eigenvalue weighted by Crippen LogP contribution is 2.09. The van der Waals surface area contributed by atoms with Crippen LogP contribution in [0.15, 0.2) is 0 Å². The fourth-order valence-corrected chi connectivity index (χ4v) is 1.27. The van der Waals surface area contributed by atoms with E-state index in [0.29, 0.717) is 13.2 Å². The standard InChI is InChI=1S/C11H22O6/c1-4-15-9(16-5-2)7-8(12)10(13)11(14)17-6-3/h8-10,12-13H,4-7H2,1-3H3/t8-,10+/m1/s1. The first-order valence-corrected chi connectivity index (χ1v) is 5.82. The molecule has 0 aromatic rings. The molecule has 0 spiro atoms. The van der Waals surface area contributed by atoms with Crippen LogP contribution in [0, 0.1) is 0 Å². The third-order valence-electron chi connectivity index (χ3n) is 2.03. The Labute approximate surface area is 101 Å². The lowest BCUT2D eigenvalue weighted by atomic mass is 10.1. The van der Waals surface area contributed by atoms with Gasteiger partial charge in [-0.05, 0) is 20.8 Å². The number of hydrogen-bond donors (Lipinski definition) is 2. The first-order valence-electron chi connectivity index (χ1n) is 5.82. The molecule has 0 aromatic carbocycles. The van der Waals surface area contributed by atoms with Gasteiger partial charge >= 0.3 is 5.97 Å². The minimum Gasteiger partial charge on any atom is -0.464 e. The van der Waals surface area contributed by atoms with E-state index < -0.39 is 24.5 Å². The maximum absolute atomic E-state index is 11.2. The smallest absolute Gasteiger partial charge is 0.337 e. The Morgan fingerprint density at radius 3 is 2.00 bits per heavy atom. The van der Waals surface area contributed by atoms with E-state index in [1.54, 1.807) is 20.8 Å². The van der Waals surface area contributed by atoms with Gasteiger partial charge in [-0.3, -0.25) is 0 Å². The van der Waals surface area contributed by atoms with Crippen LogP contribution in [0.4, 0.5) is 0 Å². The zero-order valence-electron chi connectivity index (χ0n) is 10.6. The molecule has 2 atom stereocenters. The monoisotopic (exact) mass is 250 g/mol. The van der Waals surface area contributed by atoms with Gasteiger partial charge in [0, 0.05) is 19.6 Å². The number of esters is 1. The summed E-state index contributed by atoms with van der Waals surface area (Å²) in [7, 11) is 0. The molecule has 2 N–H and O–H groups in total. The topological polar surface area (TPSA) is 85.2 Å². The molecule has 0 aliphatic carbocycles. The second-order valence-corrected chi connectivity index (χ2v) is 3.34. The van der Waals surface area contributed by atoms with Crippen molar-refractivity contribution in [2.24, 2.45) is 0 Å². The van der Waals surface area contributed by atoms with Gasteiger partial charge in [-0.25, -0.2) is 4.79 Å². The molecule has 6 nitrogen and oxygen atoms in total. The maximum atomic E-state index is 11.2. The van der Waals surface area contributed by atoms with Gasteiger partial charge < -0.3 is 24.4 Å². The predicted octanol–water partition coefficient (Wildman–Crippen LogP) is 0.0605. The number of carbonyl (C=O) groups excluding carboxylic acids is 1. The average molecular weight is 250 g/mol. The van der Waals surface area contributed by atoms with Crippen LogP contribution >= 0.6 is 0 Å². The largest absolute Gasteiger partial charge is 0.464 e. The average Bonchev–Trinajstić information content (AvgIpc) is 2.29. The molecule has 17 heavy (non-hydrogen) atoms. The summed E-state index contributed by atoms with van der Waals surface area (Å²) in [6, 6.07) is 0. The van der Waals surface area contributed by atoms with Crippen LogP contribution in [0.1, 0.15) is 27.2 Å². The van der Waals surface area contributed by atoms with E-state index >= 15 is 0 Å². The lowest BCUT2D eigenvalue weighted by molar-refractivity contribution is -0.175. The van der Waals surface area contributed by atoms with Crippen molar-refractivity contribution in [3.63, 3.8) is 0 Å². The minimum atomic E-state index is -1.57. The van der Waals surface area contributed by atoms with E-state index in [1.807, 2.05) is 0 Å². The lowest BCUT2D eigenvalue weighted by Crippen LogP contribution is -2.38. The molecular formula is C11H22O6. The molecule has 0 bridgehead atoms. The molecule has 0 heterocycles. The highest BCUT2D eigenvalue weighted by Gasteiger charge is 2.28.